The molecule has 1 aliphatic carbocycles. The summed E-state index contributed by atoms with van der Waals surface area (Å²) in [6, 6.07) is 0. The summed E-state index contributed by atoms with van der Waals surface area (Å²) in [5, 5.41) is 0. The lowest BCUT2D eigenvalue weighted by atomic mass is 9.98. The molecule has 1 aliphatic rings. The fourth-order valence-corrected chi connectivity index (χ4v) is 1.91. The highest BCUT2D eigenvalue weighted by molar-refractivity contribution is 6.06. The first kappa shape index (κ1) is 10.2. The van der Waals surface area contributed by atoms with E-state index in [0.717, 1.165) is 6.42 Å². The Kier molecular flexibility index (Phi) is 2.74. The van der Waals surface area contributed by atoms with Crippen molar-refractivity contribution in [2.45, 2.75) is 33.6 Å². The molecular weight excluding hydrogens is 168 g/mol. The Balaban J connectivity index is 2.72. The summed E-state index contributed by atoms with van der Waals surface area (Å²) < 4.78 is 4.90. The summed E-state index contributed by atoms with van der Waals surface area (Å²) in [4.78, 5) is 22.8. The van der Waals surface area contributed by atoms with Crippen LogP contribution in [0.5, 0.6) is 0 Å². The summed E-state index contributed by atoms with van der Waals surface area (Å²) in [6.07, 6.45) is 1.55. The molecule has 2 atom stereocenters. The Bertz CT molecular complexity index is 234. The highest BCUT2D eigenvalue weighted by Crippen LogP contribution is 2.55. The topological polar surface area (TPSA) is 43.4 Å². The van der Waals surface area contributed by atoms with E-state index in [4.69, 9.17) is 4.74 Å². The third kappa shape index (κ3) is 1.47. The molecule has 0 aromatic rings. The minimum absolute atomic E-state index is 0.0437. The van der Waals surface area contributed by atoms with Crippen LogP contribution in [0.15, 0.2) is 0 Å². The monoisotopic (exact) mass is 184 g/mol. The third-order valence-electron chi connectivity index (χ3n) is 2.87. The molecule has 0 spiro atoms. The van der Waals surface area contributed by atoms with Gasteiger partial charge in [0.25, 0.3) is 0 Å². The van der Waals surface area contributed by atoms with Gasteiger partial charge in [-0.25, -0.2) is 0 Å². The number of hydrogen-bond donors (Lipinski definition) is 0. The van der Waals surface area contributed by atoms with Crippen molar-refractivity contribution in [1.82, 2.24) is 0 Å². The van der Waals surface area contributed by atoms with Crippen LogP contribution in [0.2, 0.25) is 0 Å². The minimum atomic E-state index is -0.773. The molecule has 1 unspecified atom stereocenters. The quantitative estimate of drug-likeness (QED) is 0.492. The maximum atomic E-state index is 11.5. The SMILES string of the molecule is CCOC(=O)C1(C(C)=O)C[C@H]1CC. The summed E-state index contributed by atoms with van der Waals surface area (Å²) in [6.45, 7) is 5.58. The molecule has 0 radical (unpaired) electrons. The van der Waals surface area contributed by atoms with Gasteiger partial charge < -0.3 is 4.74 Å². The first-order chi connectivity index (χ1) is 6.09. The number of ketones is 1. The third-order valence-corrected chi connectivity index (χ3v) is 2.87. The van der Waals surface area contributed by atoms with Crippen LogP contribution in [0, 0.1) is 11.3 Å². The molecule has 0 aromatic carbocycles. The maximum absolute atomic E-state index is 11.5. The van der Waals surface area contributed by atoms with Gasteiger partial charge >= 0.3 is 5.97 Å². The largest absolute Gasteiger partial charge is 0.465 e. The second-order valence-electron chi connectivity index (χ2n) is 3.56. The first-order valence-electron chi connectivity index (χ1n) is 4.77. The lowest BCUT2D eigenvalue weighted by Crippen LogP contribution is -2.28. The molecule has 0 N–H and O–H groups in total. The van der Waals surface area contributed by atoms with E-state index in [1.165, 1.54) is 6.92 Å². The molecule has 3 heteroatoms. The predicted octanol–water partition coefficient (Wildman–Crippen LogP) is 1.55. The van der Waals surface area contributed by atoms with E-state index < -0.39 is 5.41 Å². The van der Waals surface area contributed by atoms with Gasteiger partial charge in [-0.3, -0.25) is 9.59 Å². The summed E-state index contributed by atoms with van der Waals surface area (Å²) >= 11 is 0. The van der Waals surface area contributed by atoms with E-state index >= 15 is 0 Å². The second-order valence-corrected chi connectivity index (χ2v) is 3.56. The van der Waals surface area contributed by atoms with E-state index in [2.05, 4.69) is 0 Å². The van der Waals surface area contributed by atoms with Gasteiger partial charge in [-0.05, 0) is 26.2 Å². The van der Waals surface area contributed by atoms with Crippen LogP contribution in [-0.2, 0) is 14.3 Å². The number of Topliss-reactive ketones (excluding diaryl/α,β-unsaturated/α-hetero) is 1. The van der Waals surface area contributed by atoms with Crippen LogP contribution >= 0.6 is 0 Å². The Morgan fingerprint density at radius 3 is 2.38 bits per heavy atom. The zero-order valence-electron chi connectivity index (χ0n) is 8.42. The van der Waals surface area contributed by atoms with Crippen molar-refractivity contribution in [2.75, 3.05) is 6.61 Å². The van der Waals surface area contributed by atoms with Crippen LogP contribution in [-0.4, -0.2) is 18.4 Å². The molecule has 1 fully saturated rings. The zero-order valence-corrected chi connectivity index (χ0v) is 8.42. The van der Waals surface area contributed by atoms with Crippen molar-refractivity contribution in [3.8, 4) is 0 Å². The van der Waals surface area contributed by atoms with Crippen LogP contribution in [0.1, 0.15) is 33.6 Å². The van der Waals surface area contributed by atoms with E-state index in [1.54, 1.807) is 6.92 Å². The minimum Gasteiger partial charge on any atom is -0.465 e. The van der Waals surface area contributed by atoms with Crippen molar-refractivity contribution in [2.24, 2.45) is 11.3 Å². The van der Waals surface area contributed by atoms with Gasteiger partial charge in [0.15, 0.2) is 0 Å². The Morgan fingerprint density at radius 1 is 1.46 bits per heavy atom. The Labute approximate surface area is 78.5 Å². The van der Waals surface area contributed by atoms with Crippen LogP contribution in [0.25, 0.3) is 0 Å². The molecule has 0 aromatic heterocycles. The van der Waals surface area contributed by atoms with Crippen molar-refractivity contribution in [3.05, 3.63) is 0 Å². The van der Waals surface area contributed by atoms with Gasteiger partial charge in [0.05, 0.1) is 6.61 Å². The van der Waals surface area contributed by atoms with Crippen molar-refractivity contribution in [3.63, 3.8) is 0 Å². The van der Waals surface area contributed by atoms with E-state index in [1.807, 2.05) is 6.92 Å². The number of carbonyl (C=O) groups is 2. The van der Waals surface area contributed by atoms with Crippen LogP contribution in [0.3, 0.4) is 0 Å². The van der Waals surface area contributed by atoms with E-state index in [-0.39, 0.29) is 17.7 Å². The standard InChI is InChI=1S/C10H16O3/c1-4-8-6-10(8,7(3)11)9(12)13-5-2/h8H,4-6H2,1-3H3/t8-,10?/m1/s1. The lowest BCUT2D eigenvalue weighted by molar-refractivity contribution is -0.153. The summed E-state index contributed by atoms with van der Waals surface area (Å²) in [5.41, 5.74) is -0.773. The number of esters is 1. The fraction of sp³-hybridized carbons (Fsp3) is 0.800. The van der Waals surface area contributed by atoms with Gasteiger partial charge in [-0.15, -0.1) is 0 Å². The zero-order chi connectivity index (χ0) is 10.1. The number of ether oxygens (including phenoxy) is 1. The van der Waals surface area contributed by atoms with Crippen LogP contribution in [0.4, 0.5) is 0 Å². The molecule has 13 heavy (non-hydrogen) atoms. The summed E-state index contributed by atoms with van der Waals surface area (Å²) in [5.74, 6) is -0.156. The highest BCUT2D eigenvalue weighted by atomic mass is 16.5. The Hall–Kier alpha value is -0.860. The maximum Gasteiger partial charge on any atom is 0.319 e. The molecular formula is C10H16O3. The lowest BCUT2D eigenvalue weighted by Gasteiger charge is -2.11. The van der Waals surface area contributed by atoms with Gasteiger partial charge in [0.1, 0.15) is 11.2 Å². The average Bonchev–Trinajstić information content (AvgIpc) is 2.79. The van der Waals surface area contributed by atoms with Gasteiger partial charge in [0, 0.05) is 0 Å². The van der Waals surface area contributed by atoms with Crippen molar-refractivity contribution >= 4 is 11.8 Å². The molecule has 0 heterocycles. The molecule has 0 saturated heterocycles. The number of hydrogen-bond acceptors (Lipinski definition) is 3. The van der Waals surface area contributed by atoms with Crippen molar-refractivity contribution < 1.29 is 14.3 Å². The molecule has 3 nitrogen and oxygen atoms in total. The van der Waals surface area contributed by atoms with Crippen molar-refractivity contribution in [1.29, 1.82) is 0 Å². The molecule has 1 rings (SSSR count). The number of rotatable bonds is 4. The fourth-order valence-electron chi connectivity index (χ4n) is 1.91. The van der Waals surface area contributed by atoms with E-state index in [9.17, 15) is 9.59 Å². The average molecular weight is 184 g/mol. The van der Waals surface area contributed by atoms with E-state index in [0.29, 0.717) is 13.0 Å². The molecule has 0 amide bonds. The smallest absolute Gasteiger partial charge is 0.319 e. The predicted molar refractivity (Wildman–Crippen MR) is 48.1 cm³/mol. The van der Waals surface area contributed by atoms with Crippen LogP contribution < -0.4 is 0 Å². The van der Waals surface area contributed by atoms with Gasteiger partial charge in [-0.1, -0.05) is 13.3 Å². The second kappa shape index (κ2) is 3.48. The molecule has 0 aliphatic heterocycles. The Morgan fingerprint density at radius 2 is 2.08 bits per heavy atom. The summed E-state index contributed by atoms with van der Waals surface area (Å²) in [7, 11) is 0. The molecule has 1 saturated carbocycles. The first-order valence-corrected chi connectivity index (χ1v) is 4.77. The van der Waals surface area contributed by atoms with Gasteiger partial charge in [-0.2, -0.15) is 0 Å². The highest BCUT2D eigenvalue weighted by Gasteiger charge is 2.63. The van der Waals surface area contributed by atoms with Gasteiger partial charge in [0.2, 0.25) is 0 Å². The molecule has 74 valence electrons. The normalized spacial score (nSPS) is 31.2. The molecule has 0 bridgehead atoms. The number of carbonyl (C=O) groups excluding carboxylic acids is 2.